The first-order valence-corrected chi connectivity index (χ1v) is 4.86. The molecule has 0 saturated carbocycles. The maximum atomic E-state index is 5.67. The average Bonchev–Trinajstić information content (AvgIpc) is 2.03. The molecule has 0 amide bonds. The molecule has 0 N–H and O–H groups in total. The first kappa shape index (κ1) is 10.5. The zero-order valence-corrected chi connectivity index (χ0v) is 9.15. The monoisotopic (exact) mass is 214 g/mol. The molecule has 0 aliphatic rings. The van der Waals surface area contributed by atoms with Crippen LogP contribution in [0.15, 0.2) is 24.3 Å². The maximum absolute atomic E-state index is 5.67. The van der Waals surface area contributed by atoms with E-state index in [2.05, 4.69) is 0 Å². The minimum Gasteiger partial charge on any atom is -0.464 e. The summed E-state index contributed by atoms with van der Waals surface area (Å²) in [6.45, 7) is 3.73. The van der Waals surface area contributed by atoms with E-state index >= 15 is 0 Å². The Labute approximate surface area is 88.7 Å². The van der Waals surface area contributed by atoms with Crippen LogP contribution in [0.1, 0.15) is 18.1 Å². The highest BCUT2D eigenvalue weighted by molar-refractivity contribution is 7.80. The molecular formula is C10H11ClOS. The molecule has 3 heteroatoms. The van der Waals surface area contributed by atoms with Crippen LogP contribution in [0.5, 0.6) is 0 Å². The summed E-state index contributed by atoms with van der Waals surface area (Å²) < 4.78 is 5.21. The van der Waals surface area contributed by atoms with E-state index in [0.29, 0.717) is 5.05 Å². The highest BCUT2D eigenvalue weighted by atomic mass is 35.5. The molecule has 0 bridgehead atoms. The number of rotatable bonds is 2. The molecule has 0 heterocycles. The van der Waals surface area contributed by atoms with Gasteiger partial charge in [0.25, 0.3) is 0 Å². The third-order valence-electron chi connectivity index (χ3n) is 1.63. The van der Waals surface area contributed by atoms with Crippen molar-refractivity contribution in [1.82, 2.24) is 0 Å². The van der Waals surface area contributed by atoms with Crippen LogP contribution in [-0.4, -0.2) is 10.6 Å². The number of alkyl halides is 1. The van der Waals surface area contributed by atoms with Crippen LogP contribution in [0.2, 0.25) is 0 Å². The first-order valence-electron chi connectivity index (χ1n) is 4.02. The second-order valence-electron chi connectivity index (χ2n) is 2.76. The van der Waals surface area contributed by atoms with E-state index in [1.165, 1.54) is 0 Å². The highest BCUT2D eigenvalue weighted by Gasteiger charge is 2.07. The second kappa shape index (κ2) is 4.58. The van der Waals surface area contributed by atoms with Crippen molar-refractivity contribution >= 4 is 28.9 Å². The number of aryl methyl sites for hydroxylation is 1. The summed E-state index contributed by atoms with van der Waals surface area (Å²) in [4.78, 5) is 0. The Morgan fingerprint density at radius 2 is 2.08 bits per heavy atom. The van der Waals surface area contributed by atoms with Gasteiger partial charge in [-0.2, -0.15) is 0 Å². The summed E-state index contributed by atoms with van der Waals surface area (Å²) in [5.74, 6) is 0. The number of thiocarbonyl (C=S) groups is 1. The maximum Gasteiger partial charge on any atom is 0.193 e. The lowest BCUT2D eigenvalue weighted by atomic mass is 10.1. The van der Waals surface area contributed by atoms with Gasteiger partial charge in [0.05, 0.1) is 0 Å². The van der Waals surface area contributed by atoms with Crippen molar-refractivity contribution in [1.29, 1.82) is 0 Å². The fraction of sp³-hybridized carbons (Fsp3) is 0.300. The van der Waals surface area contributed by atoms with E-state index < -0.39 is 0 Å². The first-order chi connectivity index (χ1) is 6.11. The fourth-order valence-corrected chi connectivity index (χ4v) is 1.53. The van der Waals surface area contributed by atoms with E-state index in [-0.39, 0.29) is 5.56 Å². The van der Waals surface area contributed by atoms with Gasteiger partial charge in [-0.3, -0.25) is 0 Å². The number of ether oxygens (including phenoxy) is 1. The minimum absolute atomic E-state index is 0.382. The number of benzene rings is 1. The number of hydrogen-bond acceptors (Lipinski definition) is 2. The van der Waals surface area contributed by atoms with Crippen LogP contribution in [0, 0.1) is 6.92 Å². The Morgan fingerprint density at radius 1 is 1.46 bits per heavy atom. The summed E-state index contributed by atoms with van der Waals surface area (Å²) in [6, 6.07) is 7.81. The lowest BCUT2D eigenvalue weighted by Gasteiger charge is -2.10. The van der Waals surface area contributed by atoms with Crippen molar-refractivity contribution < 1.29 is 4.74 Å². The van der Waals surface area contributed by atoms with Gasteiger partial charge in [0.1, 0.15) is 0 Å². The molecule has 1 atom stereocenters. The molecule has 1 unspecified atom stereocenters. The Balaban J connectivity index is 2.83. The van der Waals surface area contributed by atoms with Gasteiger partial charge in [0.2, 0.25) is 0 Å². The summed E-state index contributed by atoms with van der Waals surface area (Å²) in [7, 11) is 0. The molecule has 0 saturated heterocycles. The molecule has 0 spiro atoms. The molecule has 0 aliphatic heterocycles. The SMILES string of the molecule is Cc1ccccc1C(=S)OC(C)Cl. The molecule has 70 valence electrons. The van der Waals surface area contributed by atoms with Crippen LogP contribution in [-0.2, 0) is 4.74 Å². The van der Waals surface area contributed by atoms with Crippen molar-refractivity contribution in [3.05, 3.63) is 35.4 Å². The van der Waals surface area contributed by atoms with Gasteiger partial charge in [0.15, 0.2) is 10.6 Å². The molecular weight excluding hydrogens is 204 g/mol. The lowest BCUT2D eigenvalue weighted by Crippen LogP contribution is -2.09. The third kappa shape index (κ3) is 2.98. The van der Waals surface area contributed by atoms with Crippen LogP contribution in [0.25, 0.3) is 0 Å². The Hall–Kier alpha value is -0.600. The minimum atomic E-state index is -0.382. The molecule has 0 aromatic heterocycles. The Morgan fingerprint density at radius 3 is 2.62 bits per heavy atom. The molecule has 0 aliphatic carbocycles. The van der Waals surface area contributed by atoms with E-state index in [1.807, 2.05) is 31.2 Å². The predicted molar refractivity (Wildman–Crippen MR) is 59.3 cm³/mol. The normalized spacial score (nSPS) is 12.2. The van der Waals surface area contributed by atoms with Gasteiger partial charge in [0, 0.05) is 5.56 Å². The van der Waals surface area contributed by atoms with E-state index in [9.17, 15) is 0 Å². The molecule has 13 heavy (non-hydrogen) atoms. The van der Waals surface area contributed by atoms with Crippen molar-refractivity contribution in [3.8, 4) is 0 Å². The van der Waals surface area contributed by atoms with Gasteiger partial charge in [-0.15, -0.1) is 0 Å². The van der Waals surface area contributed by atoms with E-state index in [1.54, 1.807) is 6.92 Å². The predicted octanol–water partition coefficient (Wildman–Crippen LogP) is 3.27. The second-order valence-corrected chi connectivity index (χ2v) is 3.75. The smallest absolute Gasteiger partial charge is 0.193 e. The summed E-state index contributed by atoms with van der Waals surface area (Å²) in [6.07, 6.45) is 0. The Kier molecular flexibility index (Phi) is 3.70. The molecule has 1 aromatic carbocycles. The summed E-state index contributed by atoms with van der Waals surface area (Å²) in [5, 5.41) is 0.459. The van der Waals surface area contributed by atoms with Crippen LogP contribution in [0.4, 0.5) is 0 Å². The highest BCUT2D eigenvalue weighted by Crippen LogP contribution is 2.11. The molecule has 0 radical (unpaired) electrons. The van der Waals surface area contributed by atoms with Crippen LogP contribution < -0.4 is 0 Å². The van der Waals surface area contributed by atoms with Crippen molar-refractivity contribution in [3.63, 3.8) is 0 Å². The average molecular weight is 215 g/mol. The third-order valence-corrected chi connectivity index (χ3v) is 2.04. The topological polar surface area (TPSA) is 9.23 Å². The lowest BCUT2D eigenvalue weighted by molar-refractivity contribution is 0.297. The zero-order valence-electron chi connectivity index (χ0n) is 7.58. The van der Waals surface area contributed by atoms with Gasteiger partial charge in [-0.1, -0.05) is 35.9 Å². The van der Waals surface area contributed by atoms with Gasteiger partial charge in [-0.25, -0.2) is 0 Å². The van der Waals surface area contributed by atoms with Gasteiger partial charge >= 0.3 is 0 Å². The molecule has 0 fully saturated rings. The number of hydrogen-bond donors (Lipinski definition) is 0. The number of halogens is 1. The Bertz CT molecular complexity index is 310. The van der Waals surface area contributed by atoms with E-state index in [0.717, 1.165) is 11.1 Å². The largest absolute Gasteiger partial charge is 0.464 e. The zero-order chi connectivity index (χ0) is 9.84. The van der Waals surface area contributed by atoms with Gasteiger partial charge in [-0.05, 0) is 31.6 Å². The van der Waals surface area contributed by atoms with Gasteiger partial charge < -0.3 is 4.74 Å². The molecule has 1 rings (SSSR count). The standard InChI is InChI=1S/C10H11ClOS/c1-7-5-3-4-6-9(7)10(13)12-8(2)11/h3-6,8H,1-2H3. The van der Waals surface area contributed by atoms with Crippen molar-refractivity contribution in [2.24, 2.45) is 0 Å². The molecule has 1 nitrogen and oxygen atoms in total. The van der Waals surface area contributed by atoms with Crippen LogP contribution >= 0.6 is 23.8 Å². The van der Waals surface area contributed by atoms with Crippen molar-refractivity contribution in [2.45, 2.75) is 19.4 Å². The van der Waals surface area contributed by atoms with Crippen LogP contribution in [0.3, 0.4) is 0 Å². The fourth-order valence-electron chi connectivity index (χ4n) is 1.01. The summed E-state index contributed by atoms with van der Waals surface area (Å²) in [5.41, 5.74) is 1.65. The quantitative estimate of drug-likeness (QED) is 0.552. The van der Waals surface area contributed by atoms with E-state index in [4.69, 9.17) is 28.6 Å². The van der Waals surface area contributed by atoms with Crippen molar-refractivity contribution in [2.75, 3.05) is 0 Å². The summed E-state index contributed by atoms with van der Waals surface area (Å²) >= 11 is 10.7. The molecule has 1 aromatic rings.